The molecule has 0 aromatic heterocycles. The van der Waals surface area contributed by atoms with Crippen LogP contribution in [-0.4, -0.2) is 11.9 Å². The number of nitrogens with one attached hydrogen (secondary N) is 1. The van der Waals surface area contributed by atoms with Gasteiger partial charge in [-0.15, -0.1) is 0 Å². The highest BCUT2D eigenvalue weighted by Crippen LogP contribution is 2.06. The number of unbranched alkanes of at least 4 members (excludes halogenated alkanes) is 3. The number of hydrogen-bond acceptors (Lipinski definition) is 1. The van der Waals surface area contributed by atoms with Gasteiger partial charge in [0.1, 0.15) is 5.82 Å². The molecule has 0 fully saturated rings. The van der Waals surface area contributed by atoms with Gasteiger partial charge in [-0.25, -0.2) is 4.39 Å². The van der Waals surface area contributed by atoms with E-state index in [4.69, 9.17) is 0 Å². The van der Waals surface area contributed by atoms with Crippen LogP contribution in [0.1, 0.15) is 31.2 Å². The summed E-state index contributed by atoms with van der Waals surface area (Å²) in [6.45, 7) is 1.60. The predicted molar refractivity (Wildman–Crippen MR) is 70.4 cm³/mol. The van der Waals surface area contributed by atoms with Gasteiger partial charge in [0.05, 0.1) is 0 Å². The van der Waals surface area contributed by atoms with Crippen LogP contribution in [0.3, 0.4) is 0 Å². The fourth-order valence-electron chi connectivity index (χ4n) is 1.56. The normalized spacial score (nSPS) is 10.6. The molecule has 0 bridgehead atoms. The quantitative estimate of drug-likeness (QED) is 0.565. The lowest BCUT2D eigenvalue weighted by molar-refractivity contribution is 0.568. The molecule has 1 N–H and O–H groups in total. The molecule has 16 heavy (non-hydrogen) atoms. The molecule has 0 saturated heterocycles. The highest BCUT2D eigenvalue weighted by atomic mass is 79.9. The van der Waals surface area contributed by atoms with Gasteiger partial charge in [-0.3, -0.25) is 0 Å². The van der Waals surface area contributed by atoms with Crippen LogP contribution in [0.15, 0.2) is 24.3 Å². The number of halogens is 2. The monoisotopic (exact) mass is 287 g/mol. The van der Waals surface area contributed by atoms with Gasteiger partial charge in [0.25, 0.3) is 0 Å². The molecular formula is C13H19BrFN. The second-order valence-corrected chi connectivity index (χ2v) is 4.66. The minimum atomic E-state index is -0.116. The average molecular weight is 288 g/mol. The van der Waals surface area contributed by atoms with Gasteiger partial charge in [0, 0.05) is 17.4 Å². The Morgan fingerprint density at radius 1 is 1.06 bits per heavy atom. The van der Waals surface area contributed by atoms with Gasteiger partial charge >= 0.3 is 0 Å². The predicted octanol–water partition coefficient (Wildman–Crippen LogP) is 3.87. The van der Waals surface area contributed by atoms with Crippen LogP contribution < -0.4 is 5.32 Å². The van der Waals surface area contributed by atoms with Gasteiger partial charge in [-0.2, -0.15) is 0 Å². The van der Waals surface area contributed by atoms with Crippen molar-refractivity contribution in [1.29, 1.82) is 0 Å². The Balaban J connectivity index is 2.05. The second-order valence-electron chi connectivity index (χ2n) is 3.87. The Morgan fingerprint density at radius 2 is 1.81 bits per heavy atom. The topological polar surface area (TPSA) is 12.0 Å². The van der Waals surface area contributed by atoms with Crippen LogP contribution in [0, 0.1) is 5.82 Å². The fourth-order valence-corrected chi connectivity index (χ4v) is 1.96. The van der Waals surface area contributed by atoms with Crippen molar-refractivity contribution in [2.24, 2.45) is 0 Å². The van der Waals surface area contributed by atoms with Crippen LogP contribution in [0.2, 0.25) is 0 Å². The Labute approximate surface area is 106 Å². The Kier molecular flexibility index (Phi) is 7.43. The summed E-state index contributed by atoms with van der Waals surface area (Å²) >= 11 is 3.41. The van der Waals surface area contributed by atoms with Crippen LogP contribution >= 0.6 is 15.9 Å². The van der Waals surface area contributed by atoms with Crippen LogP contribution in [0.25, 0.3) is 0 Å². The van der Waals surface area contributed by atoms with E-state index in [1.165, 1.54) is 31.7 Å². The largest absolute Gasteiger partial charge is 0.313 e. The van der Waals surface area contributed by atoms with Crippen molar-refractivity contribution in [2.45, 2.75) is 32.2 Å². The van der Waals surface area contributed by atoms with Crippen molar-refractivity contribution in [3.8, 4) is 0 Å². The van der Waals surface area contributed by atoms with Crippen molar-refractivity contribution < 1.29 is 4.39 Å². The lowest BCUT2D eigenvalue weighted by Gasteiger charge is -2.05. The van der Waals surface area contributed by atoms with Crippen molar-refractivity contribution in [2.75, 3.05) is 11.9 Å². The summed E-state index contributed by atoms with van der Waals surface area (Å²) in [5.74, 6) is -0.116. The highest BCUT2D eigenvalue weighted by molar-refractivity contribution is 9.09. The van der Waals surface area contributed by atoms with E-state index in [1.54, 1.807) is 6.07 Å². The van der Waals surface area contributed by atoms with E-state index in [2.05, 4.69) is 21.2 Å². The fraction of sp³-hybridized carbons (Fsp3) is 0.538. The van der Waals surface area contributed by atoms with Gasteiger partial charge in [0.15, 0.2) is 0 Å². The van der Waals surface area contributed by atoms with E-state index in [9.17, 15) is 4.39 Å². The molecule has 0 aliphatic carbocycles. The maximum Gasteiger partial charge on any atom is 0.127 e. The van der Waals surface area contributed by atoms with Crippen molar-refractivity contribution in [1.82, 2.24) is 5.32 Å². The second kappa shape index (κ2) is 8.71. The first-order valence-electron chi connectivity index (χ1n) is 5.84. The molecule has 0 aliphatic rings. The zero-order valence-corrected chi connectivity index (χ0v) is 11.1. The van der Waals surface area contributed by atoms with Gasteiger partial charge in [0.2, 0.25) is 0 Å². The third-order valence-electron chi connectivity index (χ3n) is 2.51. The van der Waals surface area contributed by atoms with Gasteiger partial charge in [-0.1, -0.05) is 47.0 Å². The van der Waals surface area contributed by atoms with Gasteiger partial charge in [-0.05, 0) is 25.5 Å². The molecule has 0 atom stereocenters. The summed E-state index contributed by atoms with van der Waals surface area (Å²) in [6.07, 6.45) is 4.93. The number of alkyl halides is 1. The van der Waals surface area contributed by atoms with E-state index < -0.39 is 0 Å². The zero-order valence-electron chi connectivity index (χ0n) is 9.52. The van der Waals surface area contributed by atoms with Gasteiger partial charge < -0.3 is 5.32 Å². The lowest BCUT2D eigenvalue weighted by Crippen LogP contribution is -2.15. The maximum absolute atomic E-state index is 13.2. The summed E-state index contributed by atoms with van der Waals surface area (Å²) in [6, 6.07) is 6.93. The molecule has 1 nitrogen and oxygen atoms in total. The molecule has 3 heteroatoms. The molecule has 0 saturated carbocycles. The molecule has 0 spiro atoms. The van der Waals surface area contributed by atoms with Crippen LogP contribution in [-0.2, 0) is 6.54 Å². The van der Waals surface area contributed by atoms with Crippen molar-refractivity contribution in [3.05, 3.63) is 35.6 Å². The van der Waals surface area contributed by atoms with E-state index in [1.807, 2.05) is 12.1 Å². The first-order valence-corrected chi connectivity index (χ1v) is 6.97. The third-order valence-corrected chi connectivity index (χ3v) is 3.07. The SMILES string of the molecule is Fc1ccccc1CNCCCCCCBr. The third kappa shape index (κ3) is 5.61. The van der Waals surface area contributed by atoms with Crippen molar-refractivity contribution >= 4 is 15.9 Å². The standard InChI is InChI=1S/C13H19BrFN/c14-9-5-1-2-6-10-16-11-12-7-3-4-8-13(12)15/h3-4,7-8,16H,1-2,5-6,9-11H2. The summed E-state index contributed by atoms with van der Waals surface area (Å²) in [4.78, 5) is 0. The summed E-state index contributed by atoms with van der Waals surface area (Å²) in [5.41, 5.74) is 0.753. The minimum absolute atomic E-state index is 0.116. The van der Waals surface area contributed by atoms with Crippen LogP contribution in [0.5, 0.6) is 0 Å². The molecule has 0 heterocycles. The maximum atomic E-state index is 13.2. The Bertz CT molecular complexity index is 291. The van der Waals surface area contributed by atoms with E-state index >= 15 is 0 Å². The Hall–Kier alpha value is -0.410. The summed E-state index contributed by atoms with van der Waals surface area (Å²) in [5, 5.41) is 4.36. The molecule has 0 unspecified atom stereocenters. The average Bonchev–Trinajstić information content (AvgIpc) is 2.30. The van der Waals surface area contributed by atoms with E-state index in [0.717, 1.165) is 17.4 Å². The first kappa shape index (κ1) is 13.7. The molecule has 90 valence electrons. The molecule has 1 aromatic carbocycles. The molecule has 1 aromatic rings. The van der Waals surface area contributed by atoms with E-state index in [-0.39, 0.29) is 5.82 Å². The summed E-state index contributed by atoms with van der Waals surface area (Å²) < 4.78 is 13.2. The summed E-state index contributed by atoms with van der Waals surface area (Å²) in [7, 11) is 0. The first-order chi connectivity index (χ1) is 7.84. The van der Waals surface area contributed by atoms with E-state index in [0.29, 0.717) is 6.54 Å². The Morgan fingerprint density at radius 3 is 2.56 bits per heavy atom. The molecule has 0 radical (unpaired) electrons. The smallest absolute Gasteiger partial charge is 0.127 e. The number of benzene rings is 1. The molecule has 1 rings (SSSR count). The molecule has 0 amide bonds. The number of hydrogen-bond donors (Lipinski definition) is 1. The minimum Gasteiger partial charge on any atom is -0.313 e. The lowest BCUT2D eigenvalue weighted by atomic mass is 10.2. The van der Waals surface area contributed by atoms with Crippen LogP contribution in [0.4, 0.5) is 4.39 Å². The van der Waals surface area contributed by atoms with Crippen molar-refractivity contribution in [3.63, 3.8) is 0 Å². The highest BCUT2D eigenvalue weighted by Gasteiger charge is 1.98. The molecule has 0 aliphatic heterocycles. The number of rotatable bonds is 8. The molecular weight excluding hydrogens is 269 g/mol. The zero-order chi connectivity index (χ0) is 11.6.